The second-order valence-electron chi connectivity index (χ2n) is 11.4. The van der Waals surface area contributed by atoms with E-state index in [-0.39, 0.29) is 0 Å². The minimum atomic E-state index is -0.427. The SMILES string of the molecule is Cc1cc([C@H]2CC[C@H]3[C@@H]4CC[C@@H]5C[C@](C)(O)CC[C@]5(C)[C@H]4CC[C@]23C)no1. The van der Waals surface area contributed by atoms with E-state index in [9.17, 15) is 5.11 Å². The van der Waals surface area contributed by atoms with Gasteiger partial charge in [-0.2, -0.15) is 0 Å². The highest BCUT2D eigenvalue weighted by Crippen LogP contribution is 2.69. The molecule has 0 radical (unpaired) electrons. The third-order valence-corrected chi connectivity index (χ3v) is 9.96. The minimum Gasteiger partial charge on any atom is -0.390 e. The van der Waals surface area contributed by atoms with Crippen molar-refractivity contribution in [3.05, 3.63) is 17.5 Å². The zero-order valence-corrected chi connectivity index (χ0v) is 17.6. The van der Waals surface area contributed by atoms with E-state index in [2.05, 4.69) is 32.0 Å². The molecule has 0 amide bonds. The quantitative estimate of drug-likeness (QED) is 0.672. The van der Waals surface area contributed by atoms with Gasteiger partial charge in [0.05, 0.1) is 11.3 Å². The molecule has 0 aromatic carbocycles. The Morgan fingerprint density at radius 1 is 0.963 bits per heavy atom. The maximum atomic E-state index is 10.7. The molecule has 4 saturated carbocycles. The summed E-state index contributed by atoms with van der Waals surface area (Å²) in [5.74, 6) is 4.85. The fourth-order valence-electron chi connectivity index (χ4n) is 8.47. The number of aryl methyl sites for hydroxylation is 1. The predicted octanol–water partition coefficient (Wildman–Crippen LogP) is 5.86. The van der Waals surface area contributed by atoms with E-state index in [4.69, 9.17) is 4.52 Å². The molecule has 0 aliphatic heterocycles. The Kier molecular flexibility index (Phi) is 3.94. The average molecular weight is 372 g/mol. The first kappa shape index (κ1) is 18.2. The van der Waals surface area contributed by atoms with Crippen LogP contribution in [0.15, 0.2) is 10.6 Å². The standard InChI is InChI=1S/C24H37NO2/c1-15-13-21(25-27-15)20-8-7-18-17-6-5-16-14-22(2,26)11-12-23(16,3)19(17)9-10-24(18,20)4/h13,16-20,26H,5-12,14H2,1-4H3/t16-,17+,18+,19+,20-,22-,23+,24+/m1/s1. The first-order chi connectivity index (χ1) is 12.7. The lowest BCUT2D eigenvalue weighted by Gasteiger charge is -2.61. The summed E-state index contributed by atoms with van der Waals surface area (Å²) in [4.78, 5) is 0. The van der Waals surface area contributed by atoms with E-state index < -0.39 is 5.60 Å². The molecule has 3 nitrogen and oxygen atoms in total. The van der Waals surface area contributed by atoms with Crippen LogP contribution in [-0.2, 0) is 0 Å². The summed E-state index contributed by atoms with van der Waals surface area (Å²) >= 11 is 0. The van der Waals surface area contributed by atoms with Gasteiger partial charge in [-0.25, -0.2) is 0 Å². The highest BCUT2D eigenvalue weighted by molar-refractivity contribution is 5.20. The number of fused-ring (bicyclic) bond motifs is 5. The van der Waals surface area contributed by atoms with Gasteiger partial charge in [-0.3, -0.25) is 0 Å². The van der Waals surface area contributed by atoms with Crippen molar-refractivity contribution in [1.82, 2.24) is 5.16 Å². The highest BCUT2D eigenvalue weighted by atomic mass is 16.5. The van der Waals surface area contributed by atoms with Gasteiger partial charge < -0.3 is 9.63 Å². The Hall–Kier alpha value is -0.830. The summed E-state index contributed by atoms with van der Waals surface area (Å²) in [6.07, 6.45) is 11.3. The summed E-state index contributed by atoms with van der Waals surface area (Å²) < 4.78 is 5.44. The number of hydrogen-bond donors (Lipinski definition) is 1. The molecule has 1 aromatic rings. The molecule has 4 fully saturated rings. The van der Waals surface area contributed by atoms with E-state index in [0.717, 1.165) is 42.3 Å². The van der Waals surface area contributed by atoms with Crippen LogP contribution in [0.2, 0.25) is 0 Å². The Bertz CT molecular complexity index is 724. The fourth-order valence-corrected chi connectivity index (χ4v) is 8.47. The lowest BCUT2D eigenvalue weighted by Crippen LogP contribution is -2.55. The van der Waals surface area contributed by atoms with Crippen molar-refractivity contribution < 1.29 is 9.63 Å². The van der Waals surface area contributed by atoms with Crippen molar-refractivity contribution in [2.45, 2.75) is 97.0 Å². The summed E-state index contributed by atoms with van der Waals surface area (Å²) in [6.45, 7) is 9.23. The lowest BCUT2D eigenvalue weighted by atomic mass is 9.44. The molecule has 0 unspecified atom stereocenters. The summed E-state index contributed by atoms with van der Waals surface area (Å²) in [5, 5.41) is 15.1. The highest BCUT2D eigenvalue weighted by Gasteiger charge is 2.61. The Morgan fingerprint density at radius 2 is 1.74 bits per heavy atom. The number of rotatable bonds is 1. The van der Waals surface area contributed by atoms with Gasteiger partial charge >= 0.3 is 0 Å². The van der Waals surface area contributed by atoms with Crippen LogP contribution < -0.4 is 0 Å². The number of nitrogens with zero attached hydrogens (tertiary/aromatic N) is 1. The smallest absolute Gasteiger partial charge is 0.133 e. The molecule has 4 aliphatic rings. The van der Waals surface area contributed by atoms with Crippen molar-refractivity contribution in [3.63, 3.8) is 0 Å². The molecule has 0 saturated heterocycles. The van der Waals surface area contributed by atoms with Crippen LogP contribution in [-0.4, -0.2) is 15.9 Å². The normalized spacial score (nSPS) is 52.1. The zero-order valence-electron chi connectivity index (χ0n) is 17.6. The van der Waals surface area contributed by atoms with Crippen LogP contribution in [0, 0.1) is 41.4 Å². The van der Waals surface area contributed by atoms with Crippen LogP contribution in [0.1, 0.15) is 95.9 Å². The van der Waals surface area contributed by atoms with E-state index in [1.165, 1.54) is 50.6 Å². The molecular formula is C24H37NO2. The van der Waals surface area contributed by atoms with E-state index in [1.54, 1.807) is 0 Å². The molecule has 1 aromatic heterocycles. The number of aromatic nitrogens is 1. The van der Waals surface area contributed by atoms with Gasteiger partial charge in [0.2, 0.25) is 0 Å². The first-order valence-corrected chi connectivity index (χ1v) is 11.4. The Labute approximate surface area is 164 Å². The van der Waals surface area contributed by atoms with Crippen LogP contribution >= 0.6 is 0 Å². The molecule has 1 N–H and O–H groups in total. The summed E-state index contributed by atoms with van der Waals surface area (Å²) in [6, 6.07) is 2.19. The molecule has 150 valence electrons. The lowest BCUT2D eigenvalue weighted by molar-refractivity contribution is -0.143. The van der Waals surface area contributed by atoms with Gasteiger partial charge in [0.25, 0.3) is 0 Å². The second kappa shape index (κ2) is 5.84. The summed E-state index contributed by atoms with van der Waals surface area (Å²) in [5.41, 5.74) is 1.64. The van der Waals surface area contributed by atoms with Crippen LogP contribution in [0.4, 0.5) is 0 Å². The molecule has 3 heteroatoms. The Balaban J connectivity index is 1.42. The van der Waals surface area contributed by atoms with Gasteiger partial charge in [-0.05, 0) is 106 Å². The van der Waals surface area contributed by atoms with Gasteiger partial charge in [0.1, 0.15) is 5.76 Å². The molecule has 8 atom stereocenters. The van der Waals surface area contributed by atoms with Gasteiger partial charge in [0, 0.05) is 12.0 Å². The molecule has 5 rings (SSSR count). The van der Waals surface area contributed by atoms with E-state index >= 15 is 0 Å². The van der Waals surface area contributed by atoms with Crippen molar-refractivity contribution in [2.75, 3.05) is 0 Å². The number of aliphatic hydroxyl groups is 1. The molecule has 1 heterocycles. The number of hydrogen-bond acceptors (Lipinski definition) is 3. The largest absolute Gasteiger partial charge is 0.390 e. The monoisotopic (exact) mass is 371 g/mol. The average Bonchev–Trinajstić information content (AvgIpc) is 3.18. The topological polar surface area (TPSA) is 46.3 Å². The maximum Gasteiger partial charge on any atom is 0.133 e. The molecule has 0 bridgehead atoms. The Morgan fingerprint density at radius 3 is 2.48 bits per heavy atom. The zero-order chi connectivity index (χ0) is 19.0. The van der Waals surface area contributed by atoms with E-state index in [1.807, 2.05) is 6.92 Å². The second-order valence-corrected chi connectivity index (χ2v) is 11.4. The molecular weight excluding hydrogens is 334 g/mol. The van der Waals surface area contributed by atoms with Crippen molar-refractivity contribution in [2.24, 2.45) is 34.5 Å². The molecule has 27 heavy (non-hydrogen) atoms. The predicted molar refractivity (Wildman–Crippen MR) is 106 cm³/mol. The molecule has 4 aliphatic carbocycles. The van der Waals surface area contributed by atoms with Gasteiger partial charge in [-0.15, -0.1) is 0 Å². The van der Waals surface area contributed by atoms with Crippen LogP contribution in [0.3, 0.4) is 0 Å². The fraction of sp³-hybridized carbons (Fsp3) is 0.875. The summed E-state index contributed by atoms with van der Waals surface area (Å²) in [7, 11) is 0. The minimum absolute atomic E-state index is 0.397. The van der Waals surface area contributed by atoms with Crippen LogP contribution in [0.5, 0.6) is 0 Å². The van der Waals surface area contributed by atoms with E-state index in [0.29, 0.717) is 16.7 Å². The van der Waals surface area contributed by atoms with Gasteiger partial charge in [0.15, 0.2) is 0 Å². The van der Waals surface area contributed by atoms with Gasteiger partial charge in [-0.1, -0.05) is 19.0 Å². The molecule has 0 spiro atoms. The van der Waals surface area contributed by atoms with Crippen molar-refractivity contribution >= 4 is 0 Å². The van der Waals surface area contributed by atoms with Crippen molar-refractivity contribution in [3.8, 4) is 0 Å². The van der Waals surface area contributed by atoms with Crippen LogP contribution in [0.25, 0.3) is 0 Å². The maximum absolute atomic E-state index is 10.7. The van der Waals surface area contributed by atoms with Crippen molar-refractivity contribution in [1.29, 1.82) is 0 Å². The third kappa shape index (κ3) is 2.59. The first-order valence-electron chi connectivity index (χ1n) is 11.4. The third-order valence-electron chi connectivity index (χ3n) is 9.96.